The Balaban J connectivity index is 1.47. The molecule has 0 aliphatic carbocycles. The average Bonchev–Trinajstić information content (AvgIpc) is 3.06. The minimum atomic E-state index is -0.458. The highest BCUT2D eigenvalue weighted by molar-refractivity contribution is 6.42. The van der Waals surface area contributed by atoms with E-state index in [4.69, 9.17) is 32.7 Å². The normalized spacial score (nSPS) is 18.5. The van der Waals surface area contributed by atoms with Crippen LogP contribution in [0.3, 0.4) is 0 Å². The van der Waals surface area contributed by atoms with Gasteiger partial charge in [0.25, 0.3) is 0 Å². The lowest BCUT2D eigenvalue weighted by Crippen LogP contribution is -2.28. The molecule has 2 aromatic carbocycles. The van der Waals surface area contributed by atoms with E-state index in [1.807, 2.05) is 0 Å². The fourth-order valence-corrected chi connectivity index (χ4v) is 3.45. The van der Waals surface area contributed by atoms with E-state index >= 15 is 0 Å². The van der Waals surface area contributed by atoms with Gasteiger partial charge < -0.3 is 19.7 Å². The first-order valence-corrected chi connectivity index (χ1v) is 9.23. The molecule has 8 heteroatoms. The summed E-state index contributed by atoms with van der Waals surface area (Å²) in [6.07, 6.45) is 0.140. The van der Waals surface area contributed by atoms with Gasteiger partial charge in [-0.2, -0.15) is 0 Å². The monoisotopic (exact) mass is 406 g/mol. The molecule has 2 heterocycles. The predicted molar refractivity (Wildman–Crippen MR) is 103 cm³/mol. The number of nitrogens with one attached hydrogen (secondary N) is 1. The van der Waals surface area contributed by atoms with Gasteiger partial charge in [-0.25, -0.2) is 0 Å². The third-order valence-electron chi connectivity index (χ3n) is 4.52. The zero-order chi connectivity index (χ0) is 19.0. The second-order valence-electron chi connectivity index (χ2n) is 6.35. The molecule has 0 unspecified atom stereocenters. The number of anilines is 2. The van der Waals surface area contributed by atoms with E-state index in [-0.39, 0.29) is 18.2 Å². The lowest BCUT2D eigenvalue weighted by molar-refractivity contribution is -0.122. The number of rotatable bonds is 3. The van der Waals surface area contributed by atoms with Crippen LogP contribution in [-0.2, 0) is 9.59 Å². The molecule has 1 fully saturated rings. The summed E-state index contributed by atoms with van der Waals surface area (Å²) in [6, 6.07) is 10.2. The molecule has 0 spiro atoms. The first kappa shape index (κ1) is 17.9. The predicted octanol–water partition coefficient (Wildman–Crippen LogP) is 3.76. The van der Waals surface area contributed by atoms with E-state index in [1.54, 1.807) is 41.3 Å². The van der Waals surface area contributed by atoms with Crippen LogP contribution in [0.25, 0.3) is 0 Å². The highest BCUT2D eigenvalue weighted by Gasteiger charge is 2.35. The highest BCUT2D eigenvalue weighted by atomic mass is 35.5. The van der Waals surface area contributed by atoms with Crippen LogP contribution in [0.2, 0.25) is 10.0 Å². The summed E-state index contributed by atoms with van der Waals surface area (Å²) in [4.78, 5) is 26.6. The number of hydrogen-bond acceptors (Lipinski definition) is 4. The maximum atomic E-state index is 12.6. The minimum Gasteiger partial charge on any atom is -0.486 e. The van der Waals surface area contributed by atoms with Crippen LogP contribution in [0.15, 0.2) is 36.4 Å². The van der Waals surface area contributed by atoms with Crippen molar-refractivity contribution in [2.24, 2.45) is 5.92 Å². The molecule has 2 aromatic rings. The van der Waals surface area contributed by atoms with Gasteiger partial charge in [-0.15, -0.1) is 0 Å². The van der Waals surface area contributed by atoms with Crippen LogP contribution in [0.1, 0.15) is 6.42 Å². The van der Waals surface area contributed by atoms with Crippen molar-refractivity contribution in [2.45, 2.75) is 6.42 Å². The molecular weight excluding hydrogens is 391 g/mol. The number of nitrogens with zero attached hydrogens (tertiary/aromatic N) is 1. The van der Waals surface area contributed by atoms with Gasteiger partial charge in [0.05, 0.1) is 16.0 Å². The van der Waals surface area contributed by atoms with E-state index in [9.17, 15) is 9.59 Å². The topological polar surface area (TPSA) is 67.9 Å². The Morgan fingerprint density at radius 1 is 1.04 bits per heavy atom. The van der Waals surface area contributed by atoms with Gasteiger partial charge in [-0.1, -0.05) is 23.2 Å². The first-order valence-electron chi connectivity index (χ1n) is 8.47. The fourth-order valence-electron chi connectivity index (χ4n) is 3.15. The van der Waals surface area contributed by atoms with Gasteiger partial charge >= 0.3 is 0 Å². The van der Waals surface area contributed by atoms with Crippen molar-refractivity contribution < 1.29 is 19.1 Å². The first-order chi connectivity index (χ1) is 13.0. The van der Waals surface area contributed by atoms with Crippen molar-refractivity contribution in [3.8, 4) is 11.5 Å². The van der Waals surface area contributed by atoms with Gasteiger partial charge in [0.1, 0.15) is 13.2 Å². The van der Waals surface area contributed by atoms with Crippen LogP contribution < -0.4 is 19.7 Å². The minimum absolute atomic E-state index is 0.110. The van der Waals surface area contributed by atoms with Gasteiger partial charge in [0.15, 0.2) is 11.5 Å². The van der Waals surface area contributed by atoms with Crippen molar-refractivity contribution >= 4 is 46.4 Å². The van der Waals surface area contributed by atoms with Gasteiger partial charge in [0, 0.05) is 30.4 Å². The Hall–Kier alpha value is -2.44. The van der Waals surface area contributed by atoms with E-state index in [0.29, 0.717) is 52.7 Å². The van der Waals surface area contributed by atoms with Crippen LogP contribution in [0.5, 0.6) is 11.5 Å². The molecule has 1 atom stereocenters. The standard InChI is InChI=1S/C19H16Cl2N2O4/c20-14-3-1-12(8-15(14)21)22-19(25)11-7-18(24)23(10-11)13-2-4-16-17(9-13)27-6-5-26-16/h1-4,8-9,11H,5-7,10H2,(H,22,25)/t11-/m1/s1. The zero-order valence-electron chi connectivity index (χ0n) is 14.2. The van der Waals surface area contributed by atoms with Crippen molar-refractivity contribution in [1.82, 2.24) is 0 Å². The number of amides is 2. The largest absolute Gasteiger partial charge is 0.486 e. The van der Waals surface area contributed by atoms with Gasteiger partial charge in [-0.05, 0) is 30.3 Å². The Kier molecular flexibility index (Phi) is 4.85. The Labute approximate surface area is 165 Å². The van der Waals surface area contributed by atoms with Crippen molar-refractivity contribution in [2.75, 3.05) is 30.0 Å². The Bertz CT molecular complexity index is 919. The van der Waals surface area contributed by atoms with Crippen LogP contribution in [-0.4, -0.2) is 31.6 Å². The Morgan fingerprint density at radius 3 is 2.59 bits per heavy atom. The fraction of sp³-hybridized carbons (Fsp3) is 0.263. The third-order valence-corrected chi connectivity index (χ3v) is 5.26. The van der Waals surface area contributed by atoms with Crippen LogP contribution >= 0.6 is 23.2 Å². The van der Waals surface area contributed by atoms with Crippen molar-refractivity contribution in [3.05, 3.63) is 46.4 Å². The molecule has 2 amide bonds. The average molecular weight is 407 g/mol. The van der Waals surface area contributed by atoms with E-state index < -0.39 is 5.92 Å². The zero-order valence-corrected chi connectivity index (χ0v) is 15.7. The molecule has 0 bridgehead atoms. The molecule has 2 aliphatic heterocycles. The summed E-state index contributed by atoms with van der Waals surface area (Å²) in [5, 5.41) is 3.56. The second-order valence-corrected chi connectivity index (χ2v) is 7.17. The molecule has 0 saturated carbocycles. The van der Waals surface area contributed by atoms with Gasteiger partial charge in [0.2, 0.25) is 11.8 Å². The summed E-state index contributed by atoms with van der Waals surface area (Å²) in [7, 11) is 0. The molecule has 2 aliphatic rings. The molecule has 6 nitrogen and oxygen atoms in total. The van der Waals surface area contributed by atoms with Crippen molar-refractivity contribution in [1.29, 1.82) is 0 Å². The summed E-state index contributed by atoms with van der Waals surface area (Å²) >= 11 is 11.9. The summed E-state index contributed by atoms with van der Waals surface area (Å²) in [5.74, 6) is 0.462. The van der Waals surface area contributed by atoms with E-state index in [2.05, 4.69) is 5.32 Å². The lowest BCUT2D eigenvalue weighted by Gasteiger charge is -2.22. The summed E-state index contributed by atoms with van der Waals surface area (Å²) in [6.45, 7) is 1.27. The van der Waals surface area contributed by atoms with Crippen molar-refractivity contribution in [3.63, 3.8) is 0 Å². The molecule has 1 saturated heterocycles. The molecule has 4 rings (SSSR count). The number of carbonyl (C=O) groups excluding carboxylic acids is 2. The SMILES string of the molecule is O=C(Nc1ccc(Cl)c(Cl)c1)[C@@H]1CC(=O)N(c2ccc3c(c2)OCCO3)C1. The molecule has 1 N–H and O–H groups in total. The molecular formula is C19H16Cl2N2O4. The number of fused-ring (bicyclic) bond motifs is 1. The number of carbonyl (C=O) groups is 2. The van der Waals surface area contributed by atoms with E-state index in [0.717, 1.165) is 0 Å². The maximum absolute atomic E-state index is 12.6. The second kappa shape index (κ2) is 7.29. The number of benzene rings is 2. The molecule has 27 heavy (non-hydrogen) atoms. The van der Waals surface area contributed by atoms with Crippen LogP contribution in [0, 0.1) is 5.92 Å². The molecule has 0 radical (unpaired) electrons. The smallest absolute Gasteiger partial charge is 0.229 e. The lowest BCUT2D eigenvalue weighted by atomic mass is 10.1. The number of halogens is 2. The van der Waals surface area contributed by atoms with Crippen LogP contribution in [0.4, 0.5) is 11.4 Å². The third kappa shape index (κ3) is 3.68. The number of ether oxygens (including phenoxy) is 2. The Morgan fingerprint density at radius 2 is 1.81 bits per heavy atom. The summed E-state index contributed by atoms with van der Waals surface area (Å²) in [5.41, 5.74) is 1.23. The maximum Gasteiger partial charge on any atom is 0.229 e. The highest BCUT2D eigenvalue weighted by Crippen LogP contribution is 2.36. The number of hydrogen-bond donors (Lipinski definition) is 1. The summed E-state index contributed by atoms with van der Waals surface area (Å²) < 4.78 is 11.1. The molecule has 140 valence electrons. The van der Waals surface area contributed by atoms with E-state index in [1.165, 1.54) is 0 Å². The van der Waals surface area contributed by atoms with Gasteiger partial charge in [-0.3, -0.25) is 9.59 Å². The quantitative estimate of drug-likeness (QED) is 0.842. The molecule has 0 aromatic heterocycles.